The van der Waals surface area contributed by atoms with Crippen LogP contribution in [-0.2, 0) is 0 Å². The van der Waals surface area contributed by atoms with Gasteiger partial charge in [-0.1, -0.05) is 0 Å². The molecule has 0 saturated heterocycles. The van der Waals surface area contributed by atoms with E-state index in [4.69, 9.17) is 5.73 Å². The van der Waals surface area contributed by atoms with Crippen molar-refractivity contribution in [3.63, 3.8) is 0 Å². The van der Waals surface area contributed by atoms with E-state index in [0.29, 0.717) is 6.04 Å². The molecule has 78 valence electrons. The second-order valence-corrected chi connectivity index (χ2v) is 4.29. The van der Waals surface area contributed by atoms with E-state index in [9.17, 15) is 0 Å². The Morgan fingerprint density at radius 3 is 3.07 bits per heavy atom. The molecular formula is C11H19N3. The van der Waals surface area contributed by atoms with E-state index in [0.717, 1.165) is 18.3 Å². The zero-order valence-corrected chi connectivity index (χ0v) is 8.82. The Labute approximate surface area is 85.3 Å². The number of aromatic nitrogens is 2. The summed E-state index contributed by atoms with van der Waals surface area (Å²) in [4.78, 5) is 4.27. The number of rotatable bonds is 3. The first-order chi connectivity index (χ1) is 6.81. The standard InChI is InChI=1S/C11H19N3/c1-9-13-6-7-14(9)11-3-2-10(8-11)4-5-12/h6-7,10-11H,2-5,8,12H2,1H3. The van der Waals surface area contributed by atoms with Crippen LogP contribution >= 0.6 is 0 Å². The molecule has 1 heterocycles. The molecular weight excluding hydrogens is 174 g/mol. The van der Waals surface area contributed by atoms with E-state index < -0.39 is 0 Å². The van der Waals surface area contributed by atoms with Gasteiger partial charge < -0.3 is 10.3 Å². The fraction of sp³-hybridized carbons (Fsp3) is 0.727. The molecule has 1 saturated carbocycles. The lowest BCUT2D eigenvalue weighted by atomic mass is 10.0. The van der Waals surface area contributed by atoms with Gasteiger partial charge in [0.05, 0.1) is 0 Å². The van der Waals surface area contributed by atoms with Crippen molar-refractivity contribution < 1.29 is 0 Å². The van der Waals surface area contributed by atoms with Gasteiger partial charge in [0.1, 0.15) is 5.82 Å². The van der Waals surface area contributed by atoms with E-state index in [1.165, 1.54) is 25.7 Å². The summed E-state index contributed by atoms with van der Waals surface area (Å²) in [5.74, 6) is 1.98. The monoisotopic (exact) mass is 193 g/mol. The topological polar surface area (TPSA) is 43.8 Å². The van der Waals surface area contributed by atoms with Gasteiger partial charge in [0.2, 0.25) is 0 Å². The van der Waals surface area contributed by atoms with Crippen molar-refractivity contribution in [1.29, 1.82) is 0 Å². The quantitative estimate of drug-likeness (QED) is 0.796. The first-order valence-electron chi connectivity index (χ1n) is 5.50. The smallest absolute Gasteiger partial charge is 0.105 e. The third-order valence-corrected chi connectivity index (χ3v) is 3.34. The van der Waals surface area contributed by atoms with Gasteiger partial charge in [-0.2, -0.15) is 0 Å². The number of hydrogen-bond donors (Lipinski definition) is 1. The van der Waals surface area contributed by atoms with Crippen LogP contribution in [0.15, 0.2) is 12.4 Å². The second-order valence-electron chi connectivity index (χ2n) is 4.29. The van der Waals surface area contributed by atoms with Gasteiger partial charge in [-0.25, -0.2) is 4.98 Å². The summed E-state index contributed by atoms with van der Waals surface area (Å²) in [6.45, 7) is 2.91. The Kier molecular flexibility index (Phi) is 2.87. The summed E-state index contributed by atoms with van der Waals surface area (Å²) in [5, 5.41) is 0. The molecule has 2 atom stereocenters. The van der Waals surface area contributed by atoms with Crippen LogP contribution in [0.2, 0.25) is 0 Å². The lowest BCUT2D eigenvalue weighted by molar-refractivity contribution is 0.454. The number of nitrogens with zero attached hydrogens (tertiary/aromatic N) is 2. The normalized spacial score (nSPS) is 27.0. The van der Waals surface area contributed by atoms with Crippen LogP contribution in [0.1, 0.15) is 37.5 Å². The van der Waals surface area contributed by atoms with E-state index in [1.807, 2.05) is 6.20 Å². The summed E-state index contributed by atoms with van der Waals surface area (Å²) in [6.07, 6.45) is 9.09. The number of imidazole rings is 1. The number of aryl methyl sites for hydroxylation is 1. The largest absolute Gasteiger partial charge is 0.332 e. The summed E-state index contributed by atoms with van der Waals surface area (Å²) in [7, 11) is 0. The molecule has 0 aromatic carbocycles. The Bertz CT molecular complexity index is 292. The Hall–Kier alpha value is -0.830. The van der Waals surface area contributed by atoms with E-state index in [2.05, 4.69) is 22.7 Å². The van der Waals surface area contributed by atoms with Crippen LogP contribution in [0.3, 0.4) is 0 Å². The van der Waals surface area contributed by atoms with Crippen LogP contribution in [0.4, 0.5) is 0 Å². The molecule has 1 fully saturated rings. The maximum absolute atomic E-state index is 5.58. The Morgan fingerprint density at radius 2 is 2.43 bits per heavy atom. The van der Waals surface area contributed by atoms with Crippen LogP contribution in [-0.4, -0.2) is 16.1 Å². The first kappa shape index (κ1) is 9.71. The highest BCUT2D eigenvalue weighted by molar-refractivity contribution is 4.94. The SMILES string of the molecule is Cc1nccn1C1CCC(CCN)C1. The molecule has 1 aromatic heterocycles. The molecule has 0 bridgehead atoms. The second kappa shape index (κ2) is 4.13. The van der Waals surface area contributed by atoms with Crippen LogP contribution in [0.25, 0.3) is 0 Å². The highest BCUT2D eigenvalue weighted by Crippen LogP contribution is 2.36. The van der Waals surface area contributed by atoms with Crippen molar-refractivity contribution in [3.05, 3.63) is 18.2 Å². The zero-order valence-electron chi connectivity index (χ0n) is 8.82. The van der Waals surface area contributed by atoms with Gasteiger partial charge in [-0.05, 0) is 45.1 Å². The minimum Gasteiger partial charge on any atom is -0.332 e. The molecule has 0 spiro atoms. The third kappa shape index (κ3) is 1.82. The highest BCUT2D eigenvalue weighted by Gasteiger charge is 2.25. The van der Waals surface area contributed by atoms with Crippen molar-refractivity contribution in [2.45, 2.75) is 38.6 Å². The molecule has 1 aliphatic rings. The van der Waals surface area contributed by atoms with Crippen molar-refractivity contribution in [3.8, 4) is 0 Å². The molecule has 1 aromatic rings. The van der Waals surface area contributed by atoms with E-state index >= 15 is 0 Å². The molecule has 0 radical (unpaired) electrons. The molecule has 3 heteroatoms. The fourth-order valence-corrected chi connectivity index (χ4v) is 2.57. The highest BCUT2D eigenvalue weighted by atomic mass is 15.1. The average Bonchev–Trinajstić information content (AvgIpc) is 2.74. The maximum atomic E-state index is 5.58. The minimum atomic E-state index is 0.675. The molecule has 0 amide bonds. The molecule has 2 rings (SSSR count). The van der Waals surface area contributed by atoms with Gasteiger partial charge in [-0.15, -0.1) is 0 Å². The van der Waals surface area contributed by atoms with Crippen LogP contribution in [0, 0.1) is 12.8 Å². The van der Waals surface area contributed by atoms with E-state index in [-0.39, 0.29) is 0 Å². The van der Waals surface area contributed by atoms with Crippen LogP contribution < -0.4 is 5.73 Å². The van der Waals surface area contributed by atoms with Crippen LogP contribution in [0.5, 0.6) is 0 Å². The van der Waals surface area contributed by atoms with Crippen molar-refractivity contribution in [1.82, 2.24) is 9.55 Å². The molecule has 1 aliphatic carbocycles. The van der Waals surface area contributed by atoms with Gasteiger partial charge in [0.15, 0.2) is 0 Å². The van der Waals surface area contributed by atoms with E-state index in [1.54, 1.807) is 0 Å². The molecule has 14 heavy (non-hydrogen) atoms. The molecule has 2 unspecified atom stereocenters. The van der Waals surface area contributed by atoms with Gasteiger partial charge >= 0.3 is 0 Å². The predicted molar refractivity (Wildman–Crippen MR) is 57.0 cm³/mol. The minimum absolute atomic E-state index is 0.675. The zero-order chi connectivity index (χ0) is 9.97. The summed E-state index contributed by atoms with van der Waals surface area (Å²) in [6, 6.07) is 0.675. The molecule has 2 N–H and O–H groups in total. The maximum Gasteiger partial charge on any atom is 0.105 e. The summed E-state index contributed by atoms with van der Waals surface area (Å²) < 4.78 is 2.32. The Balaban J connectivity index is 1.99. The number of nitrogens with two attached hydrogens (primary N) is 1. The van der Waals surface area contributed by atoms with Crippen molar-refractivity contribution in [2.75, 3.05) is 6.54 Å². The Morgan fingerprint density at radius 1 is 1.57 bits per heavy atom. The summed E-state index contributed by atoms with van der Waals surface area (Å²) >= 11 is 0. The number of hydrogen-bond acceptors (Lipinski definition) is 2. The summed E-state index contributed by atoms with van der Waals surface area (Å²) in [5.41, 5.74) is 5.58. The third-order valence-electron chi connectivity index (χ3n) is 3.34. The first-order valence-corrected chi connectivity index (χ1v) is 5.50. The molecule has 3 nitrogen and oxygen atoms in total. The van der Waals surface area contributed by atoms with Gasteiger partial charge in [0.25, 0.3) is 0 Å². The van der Waals surface area contributed by atoms with Crippen molar-refractivity contribution >= 4 is 0 Å². The van der Waals surface area contributed by atoms with Crippen molar-refractivity contribution in [2.24, 2.45) is 11.7 Å². The lowest BCUT2D eigenvalue weighted by Gasteiger charge is -2.14. The average molecular weight is 193 g/mol. The fourth-order valence-electron chi connectivity index (χ4n) is 2.57. The van der Waals surface area contributed by atoms with Gasteiger partial charge in [0, 0.05) is 18.4 Å². The van der Waals surface area contributed by atoms with Gasteiger partial charge in [-0.3, -0.25) is 0 Å². The predicted octanol–water partition coefficient (Wildman–Crippen LogP) is 1.88. The lowest BCUT2D eigenvalue weighted by Crippen LogP contribution is -2.08. The molecule has 0 aliphatic heterocycles.